The Morgan fingerprint density at radius 2 is 2.17 bits per heavy atom. The average molecular weight is 336 g/mol. The van der Waals surface area contributed by atoms with Gasteiger partial charge >= 0.3 is 6.09 Å². The van der Waals surface area contributed by atoms with Crippen molar-refractivity contribution in [3.63, 3.8) is 0 Å². The van der Waals surface area contributed by atoms with Crippen molar-refractivity contribution in [3.05, 3.63) is 29.6 Å². The lowest BCUT2D eigenvalue weighted by molar-refractivity contribution is -0.121. The average Bonchev–Trinajstić information content (AvgIpc) is 2.56. The number of piperidine rings is 1. The molecule has 1 aliphatic rings. The molecule has 132 valence electrons. The molecule has 24 heavy (non-hydrogen) atoms. The van der Waals surface area contributed by atoms with Gasteiger partial charge in [0.1, 0.15) is 5.82 Å². The van der Waals surface area contributed by atoms with Crippen molar-refractivity contribution >= 4 is 17.7 Å². The number of benzene rings is 1. The SMILES string of the molecule is Cc1ccc(NC(=O)[C@H]2CCCN(C(=O)OCC(C)C)C2)cc1F. The van der Waals surface area contributed by atoms with Gasteiger partial charge in [-0.25, -0.2) is 9.18 Å². The van der Waals surface area contributed by atoms with Gasteiger partial charge in [-0.1, -0.05) is 19.9 Å². The molecule has 0 spiro atoms. The van der Waals surface area contributed by atoms with Crippen molar-refractivity contribution < 1.29 is 18.7 Å². The fraction of sp³-hybridized carbons (Fsp3) is 0.556. The summed E-state index contributed by atoms with van der Waals surface area (Å²) in [6, 6.07) is 4.61. The van der Waals surface area contributed by atoms with Crippen LogP contribution in [-0.2, 0) is 9.53 Å². The van der Waals surface area contributed by atoms with Gasteiger partial charge in [-0.3, -0.25) is 4.79 Å². The van der Waals surface area contributed by atoms with E-state index in [0.717, 1.165) is 6.42 Å². The number of likely N-dealkylation sites (tertiary alicyclic amines) is 1. The molecule has 1 heterocycles. The Morgan fingerprint density at radius 1 is 1.42 bits per heavy atom. The summed E-state index contributed by atoms with van der Waals surface area (Å²) < 4.78 is 18.8. The minimum absolute atomic E-state index is 0.195. The van der Waals surface area contributed by atoms with E-state index >= 15 is 0 Å². The van der Waals surface area contributed by atoms with Crippen LogP contribution in [0.15, 0.2) is 18.2 Å². The van der Waals surface area contributed by atoms with Crippen LogP contribution in [0.1, 0.15) is 32.3 Å². The highest BCUT2D eigenvalue weighted by Crippen LogP contribution is 2.20. The summed E-state index contributed by atoms with van der Waals surface area (Å²) in [5.41, 5.74) is 0.965. The third kappa shape index (κ3) is 4.94. The molecular weight excluding hydrogens is 311 g/mol. The van der Waals surface area contributed by atoms with Crippen LogP contribution in [0.25, 0.3) is 0 Å². The number of carbonyl (C=O) groups is 2. The second-order valence-electron chi connectivity index (χ2n) is 6.71. The highest BCUT2D eigenvalue weighted by Gasteiger charge is 2.29. The first-order valence-electron chi connectivity index (χ1n) is 8.35. The fourth-order valence-corrected chi connectivity index (χ4v) is 2.60. The maximum Gasteiger partial charge on any atom is 0.409 e. The lowest BCUT2D eigenvalue weighted by atomic mass is 9.97. The molecule has 0 saturated carbocycles. The molecule has 1 atom stereocenters. The van der Waals surface area contributed by atoms with Crippen LogP contribution in [0, 0.1) is 24.6 Å². The minimum atomic E-state index is -0.373. The van der Waals surface area contributed by atoms with Crippen LogP contribution < -0.4 is 5.32 Å². The van der Waals surface area contributed by atoms with Gasteiger partial charge in [0.15, 0.2) is 0 Å². The molecule has 0 bridgehead atoms. The van der Waals surface area contributed by atoms with Crippen molar-refractivity contribution in [3.8, 4) is 0 Å². The first kappa shape index (κ1) is 18.2. The van der Waals surface area contributed by atoms with Crippen LogP contribution in [-0.4, -0.2) is 36.6 Å². The lowest BCUT2D eigenvalue weighted by Gasteiger charge is -2.31. The highest BCUT2D eigenvalue weighted by molar-refractivity contribution is 5.93. The third-order valence-electron chi connectivity index (χ3n) is 4.03. The van der Waals surface area contributed by atoms with E-state index in [-0.39, 0.29) is 29.7 Å². The van der Waals surface area contributed by atoms with Crippen molar-refractivity contribution in [2.24, 2.45) is 11.8 Å². The standard InChI is InChI=1S/C18H25FN2O3/c1-12(2)11-24-18(23)21-8-4-5-14(10-21)17(22)20-15-7-6-13(3)16(19)9-15/h6-7,9,12,14H,4-5,8,10-11H2,1-3H3,(H,20,22)/t14-/m0/s1. The highest BCUT2D eigenvalue weighted by atomic mass is 19.1. The molecule has 0 unspecified atom stereocenters. The predicted molar refractivity (Wildman–Crippen MR) is 90.2 cm³/mol. The van der Waals surface area contributed by atoms with Gasteiger partial charge in [-0.05, 0) is 43.4 Å². The van der Waals surface area contributed by atoms with Gasteiger partial charge in [0.2, 0.25) is 5.91 Å². The number of nitrogens with one attached hydrogen (secondary N) is 1. The number of anilines is 1. The first-order valence-corrected chi connectivity index (χ1v) is 8.35. The molecule has 0 aliphatic carbocycles. The van der Waals surface area contributed by atoms with Gasteiger partial charge in [-0.15, -0.1) is 0 Å². The molecule has 1 aromatic carbocycles. The van der Waals surface area contributed by atoms with E-state index in [4.69, 9.17) is 4.74 Å². The summed E-state index contributed by atoms with van der Waals surface area (Å²) in [4.78, 5) is 26.0. The zero-order chi connectivity index (χ0) is 17.7. The molecule has 1 N–H and O–H groups in total. The van der Waals surface area contributed by atoms with E-state index in [1.807, 2.05) is 13.8 Å². The summed E-state index contributed by atoms with van der Waals surface area (Å²) in [6.45, 7) is 6.91. The lowest BCUT2D eigenvalue weighted by Crippen LogP contribution is -2.44. The Balaban J connectivity index is 1.92. The maximum atomic E-state index is 13.6. The van der Waals surface area contributed by atoms with Crippen molar-refractivity contribution in [2.45, 2.75) is 33.6 Å². The van der Waals surface area contributed by atoms with E-state index in [1.165, 1.54) is 6.07 Å². The van der Waals surface area contributed by atoms with Crippen LogP contribution >= 0.6 is 0 Å². The van der Waals surface area contributed by atoms with Crippen LogP contribution in [0.2, 0.25) is 0 Å². The Morgan fingerprint density at radius 3 is 2.83 bits per heavy atom. The Bertz CT molecular complexity index is 604. The quantitative estimate of drug-likeness (QED) is 0.914. The molecular formula is C18H25FN2O3. The molecule has 6 heteroatoms. The summed E-state index contributed by atoms with van der Waals surface area (Å²) in [5, 5.41) is 2.73. The smallest absolute Gasteiger partial charge is 0.409 e. The van der Waals surface area contributed by atoms with E-state index in [2.05, 4.69) is 5.32 Å². The normalized spacial score (nSPS) is 17.7. The monoisotopic (exact) mass is 336 g/mol. The van der Waals surface area contributed by atoms with Crippen LogP contribution in [0.5, 0.6) is 0 Å². The summed E-state index contributed by atoms with van der Waals surface area (Å²) in [5.74, 6) is -0.584. The molecule has 1 fully saturated rings. The number of amides is 2. The summed E-state index contributed by atoms with van der Waals surface area (Å²) in [7, 11) is 0. The van der Waals surface area contributed by atoms with Crippen molar-refractivity contribution in [1.82, 2.24) is 4.90 Å². The zero-order valence-electron chi connectivity index (χ0n) is 14.5. The number of aryl methyl sites for hydroxylation is 1. The molecule has 1 aromatic rings. The minimum Gasteiger partial charge on any atom is -0.449 e. The second-order valence-corrected chi connectivity index (χ2v) is 6.71. The van der Waals surface area contributed by atoms with Gasteiger partial charge in [-0.2, -0.15) is 0 Å². The number of ether oxygens (including phenoxy) is 1. The number of hydrogen-bond acceptors (Lipinski definition) is 3. The first-order chi connectivity index (χ1) is 11.4. The van der Waals surface area contributed by atoms with Crippen molar-refractivity contribution in [2.75, 3.05) is 25.0 Å². The fourth-order valence-electron chi connectivity index (χ4n) is 2.60. The van der Waals surface area contributed by atoms with Gasteiger partial charge < -0.3 is 15.0 Å². The Kier molecular flexibility index (Phi) is 6.17. The summed E-state index contributed by atoms with van der Waals surface area (Å²) >= 11 is 0. The van der Waals surface area contributed by atoms with Crippen LogP contribution in [0.4, 0.5) is 14.9 Å². The van der Waals surface area contributed by atoms with E-state index in [0.29, 0.717) is 37.4 Å². The number of halogens is 1. The third-order valence-corrected chi connectivity index (χ3v) is 4.03. The second kappa shape index (κ2) is 8.13. The zero-order valence-corrected chi connectivity index (χ0v) is 14.5. The molecule has 5 nitrogen and oxygen atoms in total. The molecule has 0 radical (unpaired) electrons. The Labute approximate surface area is 142 Å². The maximum absolute atomic E-state index is 13.6. The molecule has 1 saturated heterocycles. The summed E-state index contributed by atoms with van der Waals surface area (Å²) in [6.07, 6.45) is 1.08. The van der Waals surface area contributed by atoms with Gasteiger partial charge in [0.05, 0.1) is 12.5 Å². The predicted octanol–water partition coefficient (Wildman–Crippen LogP) is 3.58. The van der Waals surface area contributed by atoms with Crippen molar-refractivity contribution in [1.29, 1.82) is 0 Å². The van der Waals surface area contributed by atoms with E-state index < -0.39 is 0 Å². The topological polar surface area (TPSA) is 58.6 Å². The van der Waals surface area contributed by atoms with Gasteiger partial charge in [0, 0.05) is 18.8 Å². The van der Waals surface area contributed by atoms with E-state index in [1.54, 1.807) is 24.0 Å². The Hall–Kier alpha value is -2.11. The van der Waals surface area contributed by atoms with Gasteiger partial charge in [0.25, 0.3) is 0 Å². The number of nitrogens with zero attached hydrogens (tertiary/aromatic N) is 1. The largest absolute Gasteiger partial charge is 0.449 e. The van der Waals surface area contributed by atoms with E-state index in [9.17, 15) is 14.0 Å². The molecule has 2 amide bonds. The molecule has 0 aromatic heterocycles. The molecule has 2 rings (SSSR count). The molecule has 1 aliphatic heterocycles. The van der Waals surface area contributed by atoms with Crippen LogP contribution in [0.3, 0.4) is 0 Å². The number of hydrogen-bond donors (Lipinski definition) is 1. The number of rotatable bonds is 4. The number of carbonyl (C=O) groups excluding carboxylic acids is 2.